The van der Waals surface area contributed by atoms with Gasteiger partial charge < -0.3 is 19.7 Å². The van der Waals surface area contributed by atoms with Gasteiger partial charge in [-0.25, -0.2) is 17.9 Å². The number of aryl methyl sites for hydroxylation is 1. The summed E-state index contributed by atoms with van der Waals surface area (Å²) in [5, 5.41) is 2.84. The lowest BCUT2D eigenvalue weighted by Crippen LogP contribution is -2.56. The van der Waals surface area contributed by atoms with Crippen LogP contribution in [0.4, 0.5) is 0 Å². The van der Waals surface area contributed by atoms with Gasteiger partial charge >= 0.3 is 5.97 Å². The first-order chi connectivity index (χ1) is 21.3. The van der Waals surface area contributed by atoms with Crippen LogP contribution < -0.4 is 14.8 Å². The van der Waals surface area contributed by atoms with Crippen LogP contribution >= 0.6 is 0 Å². The highest BCUT2D eigenvalue weighted by molar-refractivity contribution is 7.89. The molecule has 1 saturated heterocycles. The molecule has 1 unspecified atom stereocenters. The predicted octanol–water partition coefficient (Wildman–Crippen LogP) is 4.03. The maximum atomic E-state index is 13.6. The van der Waals surface area contributed by atoms with E-state index in [1.54, 1.807) is 38.8 Å². The number of Topliss-reactive ketones (excluding diaryl/α,β-unsaturated/α-hetero) is 1. The summed E-state index contributed by atoms with van der Waals surface area (Å²) in [4.78, 5) is 54.5. The number of hydrogen-bond donors (Lipinski definition) is 2. The molecule has 1 aromatic rings. The number of sulfonamides is 1. The predicted molar refractivity (Wildman–Crippen MR) is 170 cm³/mol. The number of rotatable bonds is 14. The van der Waals surface area contributed by atoms with Gasteiger partial charge in [-0.3, -0.25) is 14.4 Å². The van der Waals surface area contributed by atoms with Crippen molar-refractivity contribution in [1.82, 2.24) is 14.9 Å². The van der Waals surface area contributed by atoms with Crippen molar-refractivity contribution in [2.75, 3.05) is 13.7 Å². The Hall–Kier alpha value is -2.99. The van der Waals surface area contributed by atoms with E-state index < -0.39 is 45.7 Å². The molecule has 45 heavy (non-hydrogen) atoms. The standard InChI is InChI=1S/C33H51N3O8S/c1-8-11-18-44-33(40)30(38)29(34-32(39)26-17-16-25(9-2)36(26)28(37)10-3)23-12-14-24(15-13-23)35-45(41,42)31-20(4)19-27(43-7)21(5)22(31)6/h19,23-26,29,35H,8-18H2,1-7H3,(H,34,39)/t23?,24?,25-,26+,29?/m1/s1. The maximum absolute atomic E-state index is 13.6. The third kappa shape index (κ3) is 8.44. The van der Waals surface area contributed by atoms with Gasteiger partial charge in [-0.1, -0.05) is 27.2 Å². The van der Waals surface area contributed by atoms with Crippen molar-refractivity contribution in [2.24, 2.45) is 5.92 Å². The molecule has 2 N–H and O–H groups in total. The monoisotopic (exact) mass is 649 g/mol. The van der Waals surface area contributed by atoms with Crippen molar-refractivity contribution >= 4 is 33.6 Å². The highest BCUT2D eigenvalue weighted by atomic mass is 32.2. The largest absolute Gasteiger partial charge is 0.496 e. The molecule has 1 aromatic carbocycles. The number of nitrogens with zero attached hydrogens (tertiary/aromatic N) is 1. The molecule has 1 aliphatic heterocycles. The zero-order valence-electron chi connectivity index (χ0n) is 27.9. The molecule has 252 valence electrons. The first kappa shape index (κ1) is 36.5. The fourth-order valence-electron chi connectivity index (χ4n) is 6.75. The molecule has 2 fully saturated rings. The van der Waals surface area contributed by atoms with Gasteiger partial charge in [0.15, 0.2) is 0 Å². The number of nitrogens with one attached hydrogen (secondary N) is 2. The summed E-state index contributed by atoms with van der Waals surface area (Å²) in [6.45, 7) is 11.1. The Balaban J connectivity index is 1.78. The summed E-state index contributed by atoms with van der Waals surface area (Å²) >= 11 is 0. The molecule has 3 rings (SSSR count). The molecule has 1 saturated carbocycles. The van der Waals surface area contributed by atoms with Crippen LogP contribution in [-0.4, -0.2) is 74.8 Å². The number of carbonyl (C=O) groups is 4. The second-order valence-corrected chi connectivity index (χ2v) is 14.0. The lowest BCUT2D eigenvalue weighted by molar-refractivity contribution is -0.156. The van der Waals surface area contributed by atoms with Crippen molar-refractivity contribution in [2.45, 2.75) is 135 Å². The number of carbonyl (C=O) groups excluding carboxylic acids is 4. The first-order valence-electron chi connectivity index (χ1n) is 16.3. The van der Waals surface area contributed by atoms with Crippen LogP contribution in [0, 0.1) is 26.7 Å². The van der Waals surface area contributed by atoms with E-state index in [-0.39, 0.29) is 35.9 Å². The van der Waals surface area contributed by atoms with E-state index in [2.05, 4.69) is 10.0 Å². The minimum atomic E-state index is -3.86. The number of methoxy groups -OCH3 is 1. The number of unbranched alkanes of at least 4 members (excludes halogenated alkanes) is 1. The molecule has 0 aromatic heterocycles. The first-order valence-corrected chi connectivity index (χ1v) is 17.8. The number of hydrogen-bond acceptors (Lipinski definition) is 8. The van der Waals surface area contributed by atoms with Crippen molar-refractivity contribution in [3.05, 3.63) is 22.8 Å². The lowest BCUT2D eigenvalue weighted by atomic mass is 9.80. The molecule has 1 heterocycles. The molecule has 0 radical (unpaired) electrons. The van der Waals surface area contributed by atoms with Gasteiger partial charge in [0.1, 0.15) is 17.8 Å². The zero-order chi connectivity index (χ0) is 33.5. The molecular weight excluding hydrogens is 598 g/mol. The molecule has 2 amide bonds. The topological polar surface area (TPSA) is 148 Å². The number of ether oxygens (including phenoxy) is 2. The normalized spacial score (nSPS) is 22.5. The van der Waals surface area contributed by atoms with Gasteiger partial charge in [-0.2, -0.15) is 0 Å². The van der Waals surface area contributed by atoms with Crippen LogP contribution in [0.1, 0.15) is 102 Å². The van der Waals surface area contributed by atoms with E-state index in [0.29, 0.717) is 61.8 Å². The summed E-state index contributed by atoms with van der Waals surface area (Å²) in [6.07, 6.45) is 5.22. The van der Waals surface area contributed by atoms with E-state index >= 15 is 0 Å². The maximum Gasteiger partial charge on any atom is 0.376 e. The summed E-state index contributed by atoms with van der Waals surface area (Å²) in [7, 11) is -2.31. The fourth-order valence-corrected chi connectivity index (χ4v) is 8.58. The lowest BCUT2D eigenvalue weighted by Gasteiger charge is -2.35. The molecular formula is C33H51N3O8S. The Labute approximate surface area is 268 Å². The van der Waals surface area contributed by atoms with Crippen molar-refractivity contribution in [3.63, 3.8) is 0 Å². The van der Waals surface area contributed by atoms with Gasteiger partial charge in [0, 0.05) is 18.5 Å². The van der Waals surface area contributed by atoms with E-state index in [9.17, 15) is 27.6 Å². The van der Waals surface area contributed by atoms with Gasteiger partial charge in [-0.05, 0) is 101 Å². The quantitative estimate of drug-likeness (QED) is 0.174. The summed E-state index contributed by atoms with van der Waals surface area (Å²) < 4.78 is 40.5. The molecule has 1 aliphatic carbocycles. The van der Waals surface area contributed by atoms with E-state index in [1.807, 2.05) is 20.8 Å². The van der Waals surface area contributed by atoms with E-state index in [1.165, 1.54) is 0 Å². The Morgan fingerprint density at radius 2 is 1.64 bits per heavy atom. The third-order valence-electron chi connectivity index (χ3n) is 9.41. The second-order valence-electron chi connectivity index (χ2n) is 12.4. The summed E-state index contributed by atoms with van der Waals surface area (Å²) in [6, 6.07) is -0.553. The van der Waals surface area contributed by atoms with Crippen LogP contribution in [0.15, 0.2) is 11.0 Å². The van der Waals surface area contributed by atoms with Gasteiger partial charge in [0.25, 0.3) is 5.78 Å². The van der Waals surface area contributed by atoms with Crippen molar-refractivity contribution < 1.29 is 37.1 Å². The second kappa shape index (κ2) is 16.0. The van der Waals surface area contributed by atoms with Crippen LogP contribution in [-0.2, 0) is 33.9 Å². The molecule has 3 atom stereocenters. The zero-order valence-corrected chi connectivity index (χ0v) is 28.7. The molecule has 2 aliphatic rings. The van der Waals surface area contributed by atoms with Gasteiger partial charge in [0.2, 0.25) is 21.8 Å². The molecule has 0 bridgehead atoms. The number of esters is 1. The minimum Gasteiger partial charge on any atom is -0.496 e. The average Bonchev–Trinajstić information content (AvgIpc) is 3.45. The van der Waals surface area contributed by atoms with E-state index in [0.717, 1.165) is 18.4 Å². The Kier molecular flexibility index (Phi) is 13.0. The average molecular weight is 650 g/mol. The third-order valence-corrected chi connectivity index (χ3v) is 11.2. The van der Waals surface area contributed by atoms with Crippen molar-refractivity contribution in [1.29, 1.82) is 0 Å². The highest BCUT2D eigenvalue weighted by Gasteiger charge is 2.43. The number of likely N-dealkylation sites (tertiary alicyclic amines) is 1. The fraction of sp³-hybridized carbons (Fsp3) is 0.697. The number of amides is 2. The summed E-state index contributed by atoms with van der Waals surface area (Å²) in [5.74, 6) is -2.15. The number of benzene rings is 1. The Morgan fingerprint density at radius 3 is 2.22 bits per heavy atom. The van der Waals surface area contributed by atoms with Crippen LogP contribution in [0.25, 0.3) is 0 Å². The molecule has 0 spiro atoms. The Bertz CT molecular complexity index is 1350. The smallest absolute Gasteiger partial charge is 0.376 e. The summed E-state index contributed by atoms with van der Waals surface area (Å²) in [5.41, 5.74) is 1.96. The Morgan fingerprint density at radius 1 is 0.978 bits per heavy atom. The highest BCUT2D eigenvalue weighted by Crippen LogP contribution is 2.33. The molecule has 11 nitrogen and oxygen atoms in total. The van der Waals surface area contributed by atoms with Crippen LogP contribution in [0.5, 0.6) is 5.75 Å². The SMILES string of the molecule is CCCCOC(=O)C(=O)C(NC(=O)[C@@H]1CC[C@@H](CC)N1C(=O)CC)C1CCC(NS(=O)(=O)c2c(C)cc(OC)c(C)c2C)CC1. The number of ketones is 1. The van der Waals surface area contributed by atoms with Gasteiger partial charge in [-0.15, -0.1) is 0 Å². The van der Waals surface area contributed by atoms with Gasteiger partial charge in [0.05, 0.1) is 18.6 Å². The minimum absolute atomic E-state index is 0.0495. The van der Waals surface area contributed by atoms with Crippen LogP contribution in [0.3, 0.4) is 0 Å². The van der Waals surface area contributed by atoms with Crippen molar-refractivity contribution in [3.8, 4) is 5.75 Å². The van der Waals surface area contributed by atoms with E-state index in [4.69, 9.17) is 9.47 Å². The van der Waals surface area contributed by atoms with Crippen LogP contribution in [0.2, 0.25) is 0 Å². The molecule has 12 heteroatoms.